The smallest absolute Gasteiger partial charge is 0.238 e. The molecule has 25 heavy (non-hydrogen) atoms. The Morgan fingerprint density at radius 2 is 2.16 bits per heavy atom. The van der Waals surface area contributed by atoms with Gasteiger partial charge in [0, 0.05) is 5.69 Å². The van der Waals surface area contributed by atoms with Gasteiger partial charge >= 0.3 is 0 Å². The first-order valence-corrected chi connectivity index (χ1v) is 9.47. The molecular weight excluding hydrogens is 330 g/mol. The summed E-state index contributed by atoms with van der Waals surface area (Å²) < 4.78 is 1.22. The lowest BCUT2D eigenvalue weighted by atomic mass is 10.2. The Morgan fingerprint density at radius 1 is 1.28 bits per heavy atom. The minimum atomic E-state index is 0.0404. The number of amides is 1. The van der Waals surface area contributed by atoms with Crippen molar-refractivity contribution in [1.82, 2.24) is 9.88 Å². The van der Waals surface area contributed by atoms with E-state index < -0.39 is 0 Å². The van der Waals surface area contributed by atoms with Gasteiger partial charge in [-0.1, -0.05) is 24.3 Å². The Labute approximate surface area is 151 Å². The van der Waals surface area contributed by atoms with E-state index in [1.54, 1.807) is 11.3 Å². The first-order chi connectivity index (χ1) is 12.2. The highest BCUT2D eigenvalue weighted by Gasteiger charge is 2.30. The SMILES string of the molecule is Cc1cccc(NC(=O)CN2CCC[C@@H]2c2nc3ccccc3s2)c1. The second-order valence-corrected chi connectivity index (χ2v) is 7.63. The third-order valence-corrected chi connectivity index (χ3v) is 5.75. The first kappa shape index (κ1) is 16.2. The number of carbonyl (C=O) groups excluding carboxylic acids is 1. The van der Waals surface area contributed by atoms with Crippen LogP contribution >= 0.6 is 11.3 Å². The van der Waals surface area contributed by atoms with E-state index in [9.17, 15) is 4.79 Å². The van der Waals surface area contributed by atoms with Crippen molar-refractivity contribution in [1.29, 1.82) is 0 Å². The number of nitrogens with zero attached hydrogens (tertiary/aromatic N) is 2. The maximum atomic E-state index is 12.5. The van der Waals surface area contributed by atoms with E-state index in [-0.39, 0.29) is 11.9 Å². The summed E-state index contributed by atoms with van der Waals surface area (Å²) in [5.41, 5.74) is 3.06. The molecule has 2 heterocycles. The van der Waals surface area contributed by atoms with Crippen molar-refractivity contribution in [2.45, 2.75) is 25.8 Å². The largest absolute Gasteiger partial charge is 0.325 e. The van der Waals surface area contributed by atoms with Gasteiger partial charge in [-0.3, -0.25) is 9.69 Å². The standard InChI is InChI=1S/C20H21N3OS/c1-14-6-4-7-15(12-14)21-19(24)13-23-11-5-9-17(23)20-22-16-8-2-3-10-18(16)25-20/h2-4,6-8,10,12,17H,5,9,11,13H2,1H3,(H,21,24)/t17-/m1/s1. The minimum Gasteiger partial charge on any atom is -0.325 e. The van der Waals surface area contributed by atoms with Gasteiger partial charge in [0.25, 0.3) is 0 Å². The van der Waals surface area contributed by atoms with Crippen LogP contribution in [0.25, 0.3) is 10.2 Å². The van der Waals surface area contributed by atoms with Crippen molar-refractivity contribution in [3.05, 3.63) is 59.1 Å². The fraction of sp³-hybridized carbons (Fsp3) is 0.300. The summed E-state index contributed by atoms with van der Waals surface area (Å²) in [6.07, 6.45) is 2.18. The quantitative estimate of drug-likeness (QED) is 0.759. The van der Waals surface area contributed by atoms with Gasteiger partial charge in [0.05, 0.1) is 22.8 Å². The van der Waals surface area contributed by atoms with Crippen LogP contribution in [0.3, 0.4) is 0 Å². The number of fused-ring (bicyclic) bond motifs is 1. The highest BCUT2D eigenvalue weighted by Crippen LogP contribution is 2.36. The van der Waals surface area contributed by atoms with Gasteiger partial charge in [-0.2, -0.15) is 0 Å². The molecule has 0 radical (unpaired) electrons. The number of anilines is 1. The monoisotopic (exact) mass is 351 g/mol. The number of likely N-dealkylation sites (tertiary alicyclic amines) is 1. The van der Waals surface area contributed by atoms with Crippen molar-refractivity contribution in [2.24, 2.45) is 0 Å². The van der Waals surface area contributed by atoms with Gasteiger partial charge in [0.1, 0.15) is 5.01 Å². The molecule has 5 heteroatoms. The zero-order chi connectivity index (χ0) is 17.2. The summed E-state index contributed by atoms with van der Waals surface area (Å²) in [4.78, 5) is 19.5. The summed E-state index contributed by atoms with van der Waals surface area (Å²) in [7, 11) is 0. The summed E-state index contributed by atoms with van der Waals surface area (Å²) >= 11 is 1.75. The Balaban J connectivity index is 1.46. The van der Waals surface area contributed by atoms with E-state index in [0.717, 1.165) is 41.2 Å². The Bertz CT molecular complexity index is 872. The van der Waals surface area contributed by atoms with Crippen molar-refractivity contribution < 1.29 is 4.79 Å². The molecule has 2 aromatic carbocycles. The van der Waals surface area contributed by atoms with Crippen molar-refractivity contribution in [3.63, 3.8) is 0 Å². The first-order valence-electron chi connectivity index (χ1n) is 8.65. The molecule has 1 saturated heterocycles. The van der Waals surface area contributed by atoms with Crippen LogP contribution in [0.2, 0.25) is 0 Å². The average molecular weight is 351 g/mol. The van der Waals surface area contributed by atoms with E-state index in [2.05, 4.69) is 22.3 Å². The summed E-state index contributed by atoms with van der Waals surface area (Å²) in [5.74, 6) is 0.0404. The van der Waals surface area contributed by atoms with Crippen LogP contribution in [0.5, 0.6) is 0 Å². The molecule has 1 aromatic heterocycles. The molecule has 0 spiro atoms. The van der Waals surface area contributed by atoms with Crippen molar-refractivity contribution in [2.75, 3.05) is 18.4 Å². The molecule has 0 saturated carbocycles. The fourth-order valence-electron chi connectivity index (χ4n) is 3.44. The molecule has 1 amide bonds. The zero-order valence-electron chi connectivity index (χ0n) is 14.2. The summed E-state index contributed by atoms with van der Waals surface area (Å²) in [6, 6.07) is 16.4. The normalized spacial score (nSPS) is 17.9. The number of aromatic nitrogens is 1. The summed E-state index contributed by atoms with van der Waals surface area (Å²) in [5, 5.41) is 4.14. The number of carbonyl (C=O) groups is 1. The molecule has 1 fully saturated rings. The van der Waals surface area contributed by atoms with Gasteiger partial charge in [0.2, 0.25) is 5.91 Å². The number of rotatable bonds is 4. The highest BCUT2D eigenvalue weighted by molar-refractivity contribution is 7.18. The average Bonchev–Trinajstić information content (AvgIpc) is 3.20. The minimum absolute atomic E-state index is 0.0404. The number of benzene rings is 2. The molecule has 1 atom stereocenters. The maximum absolute atomic E-state index is 12.5. The lowest BCUT2D eigenvalue weighted by Gasteiger charge is -2.22. The van der Waals surface area contributed by atoms with Crippen LogP contribution < -0.4 is 5.32 Å². The van der Waals surface area contributed by atoms with Gasteiger partial charge in [-0.25, -0.2) is 4.98 Å². The van der Waals surface area contributed by atoms with Crippen molar-refractivity contribution >= 4 is 33.1 Å². The number of nitrogens with one attached hydrogen (secondary N) is 1. The van der Waals surface area contributed by atoms with Gasteiger partial charge < -0.3 is 5.32 Å². The lowest BCUT2D eigenvalue weighted by molar-refractivity contribution is -0.117. The molecule has 4 nitrogen and oxygen atoms in total. The predicted octanol–water partition coefficient (Wildman–Crippen LogP) is 4.38. The third kappa shape index (κ3) is 3.57. The summed E-state index contributed by atoms with van der Waals surface area (Å²) in [6.45, 7) is 3.38. The van der Waals surface area contributed by atoms with E-state index >= 15 is 0 Å². The van der Waals surface area contributed by atoms with Gasteiger partial charge in [-0.15, -0.1) is 11.3 Å². The maximum Gasteiger partial charge on any atom is 0.238 e. The van der Waals surface area contributed by atoms with Gasteiger partial charge in [-0.05, 0) is 56.1 Å². The topological polar surface area (TPSA) is 45.2 Å². The molecule has 1 aliphatic heterocycles. The molecule has 0 bridgehead atoms. The highest BCUT2D eigenvalue weighted by atomic mass is 32.1. The van der Waals surface area contributed by atoms with Crippen molar-refractivity contribution in [3.8, 4) is 0 Å². The zero-order valence-corrected chi connectivity index (χ0v) is 15.1. The van der Waals surface area contributed by atoms with Crippen LogP contribution in [0.15, 0.2) is 48.5 Å². The molecule has 4 rings (SSSR count). The molecule has 1 aliphatic rings. The molecule has 128 valence electrons. The Hall–Kier alpha value is -2.24. The van der Waals surface area contributed by atoms with Crippen LogP contribution in [-0.4, -0.2) is 28.9 Å². The second kappa shape index (κ2) is 6.94. The van der Waals surface area contributed by atoms with Gasteiger partial charge in [0.15, 0.2) is 0 Å². The van der Waals surface area contributed by atoms with Crippen LogP contribution in [-0.2, 0) is 4.79 Å². The second-order valence-electron chi connectivity index (χ2n) is 6.57. The molecular formula is C20H21N3OS. The molecule has 0 aliphatic carbocycles. The predicted molar refractivity (Wildman–Crippen MR) is 103 cm³/mol. The fourth-order valence-corrected chi connectivity index (χ4v) is 4.57. The molecule has 0 unspecified atom stereocenters. The molecule has 3 aromatic rings. The number of para-hydroxylation sites is 1. The van der Waals surface area contributed by atoms with E-state index in [0.29, 0.717) is 6.54 Å². The van der Waals surface area contributed by atoms with Crippen LogP contribution in [0, 0.1) is 6.92 Å². The molecule has 1 N–H and O–H groups in total. The lowest BCUT2D eigenvalue weighted by Crippen LogP contribution is -2.32. The van der Waals surface area contributed by atoms with E-state index in [1.807, 2.05) is 43.3 Å². The van der Waals surface area contributed by atoms with Crippen LogP contribution in [0.4, 0.5) is 5.69 Å². The van der Waals surface area contributed by atoms with E-state index in [1.165, 1.54) is 4.70 Å². The van der Waals surface area contributed by atoms with Crippen LogP contribution in [0.1, 0.15) is 29.5 Å². The number of aryl methyl sites for hydroxylation is 1. The number of hydrogen-bond acceptors (Lipinski definition) is 4. The Morgan fingerprint density at radius 3 is 3.00 bits per heavy atom. The number of hydrogen-bond donors (Lipinski definition) is 1. The Kier molecular flexibility index (Phi) is 4.51. The number of thiazole rings is 1. The van der Waals surface area contributed by atoms with E-state index in [4.69, 9.17) is 4.98 Å². The third-order valence-electron chi connectivity index (χ3n) is 4.61.